The lowest BCUT2D eigenvalue weighted by atomic mass is 9.94. The quantitative estimate of drug-likeness (QED) is 0.572. The van der Waals surface area contributed by atoms with Gasteiger partial charge in [0.05, 0.1) is 12.6 Å². The number of nitrogens with zero attached hydrogens (tertiary/aromatic N) is 1. The molecule has 0 aromatic heterocycles. The number of rotatable bonds is 9. The minimum absolute atomic E-state index is 0.00239. The first kappa shape index (κ1) is 22.6. The van der Waals surface area contributed by atoms with Crippen LogP contribution in [0.3, 0.4) is 0 Å². The number of likely N-dealkylation sites (tertiary alicyclic amines) is 1. The lowest BCUT2D eigenvalue weighted by Gasteiger charge is -2.29. The van der Waals surface area contributed by atoms with E-state index in [1.54, 1.807) is 25.6 Å². The Morgan fingerprint density at radius 2 is 2.00 bits per heavy atom. The fourth-order valence-corrected chi connectivity index (χ4v) is 5.90. The maximum absolute atomic E-state index is 13.1. The third-order valence-electron chi connectivity index (χ3n) is 5.91. The highest BCUT2D eigenvalue weighted by atomic mass is 32.2. The number of esters is 1. The minimum atomic E-state index is -0.948. The van der Waals surface area contributed by atoms with Gasteiger partial charge in [0.2, 0.25) is 5.91 Å². The minimum Gasteiger partial charge on any atom is -0.480 e. The van der Waals surface area contributed by atoms with Gasteiger partial charge in [0.15, 0.2) is 0 Å². The van der Waals surface area contributed by atoms with Gasteiger partial charge in [-0.05, 0) is 49.7 Å². The largest absolute Gasteiger partial charge is 0.480 e. The first-order chi connectivity index (χ1) is 14.4. The molecule has 0 spiro atoms. The Morgan fingerprint density at radius 3 is 2.67 bits per heavy atom. The van der Waals surface area contributed by atoms with E-state index in [9.17, 15) is 19.5 Å². The van der Waals surface area contributed by atoms with E-state index in [-0.39, 0.29) is 24.3 Å². The van der Waals surface area contributed by atoms with Crippen molar-refractivity contribution in [3.63, 3.8) is 0 Å². The van der Waals surface area contributed by atoms with Crippen LogP contribution >= 0.6 is 11.8 Å². The lowest BCUT2D eigenvalue weighted by molar-refractivity contribution is -0.151. The van der Waals surface area contributed by atoms with Gasteiger partial charge in [-0.2, -0.15) is 11.8 Å². The average molecular weight is 435 g/mol. The van der Waals surface area contributed by atoms with Crippen LogP contribution in [0.25, 0.3) is 0 Å². The number of thioether (sulfide) groups is 1. The van der Waals surface area contributed by atoms with Gasteiger partial charge in [0, 0.05) is 12.5 Å². The summed E-state index contributed by atoms with van der Waals surface area (Å²) in [6, 6.07) is 7.73. The van der Waals surface area contributed by atoms with Gasteiger partial charge in [-0.3, -0.25) is 14.9 Å². The number of hydrogen-bond donors (Lipinski definition) is 2. The third kappa shape index (κ3) is 5.16. The summed E-state index contributed by atoms with van der Waals surface area (Å²) in [4.78, 5) is 38.9. The molecule has 0 radical (unpaired) electrons. The van der Waals surface area contributed by atoms with Gasteiger partial charge in [-0.1, -0.05) is 30.3 Å². The Morgan fingerprint density at radius 1 is 1.27 bits per heavy atom. The first-order valence-corrected chi connectivity index (χ1v) is 11.7. The molecule has 8 heteroatoms. The molecular weight excluding hydrogens is 404 g/mol. The number of amides is 1. The van der Waals surface area contributed by atoms with Crippen molar-refractivity contribution in [3.8, 4) is 0 Å². The van der Waals surface area contributed by atoms with Gasteiger partial charge in [0.1, 0.15) is 12.1 Å². The van der Waals surface area contributed by atoms with Crippen molar-refractivity contribution in [2.45, 2.75) is 44.8 Å². The molecule has 7 nitrogen and oxygen atoms in total. The summed E-state index contributed by atoms with van der Waals surface area (Å²) in [5, 5.41) is 12.8. The summed E-state index contributed by atoms with van der Waals surface area (Å²) in [5.74, 6) is 0.289. The second-order valence-electron chi connectivity index (χ2n) is 7.95. The summed E-state index contributed by atoms with van der Waals surface area (Å²) in [7, 11) is 0. The van der Waals surface area contributed by atoms with Crippen molar-refractivity contribution >= 4 is 29.6 Å². The van der Waals surface area contributed by atoms with Crippen molar-refractivity contribution in [3.05, 3.63) is 35.9 Å². The number of fused-ring (bicyclic) bond motifs is 1. The second kappa shape index (κ2) is 10.3. The molecule has 1 aromatic rings. The smallest absolute Gasteiger partial charge is 0.326 e. The Labute approximate surface area is 181 Å². The summed E-state index contributed by atoms with van der Waals surface area (Å²) >= 11 is 1.76. The number of carbonyl (C=O) groups is 3. The monoisotopic (exact) mass is 434 g/mol. The van der Waals surface area contributed by atoms with Crippen LogP contribution in [0.5, 0.6) is 0 Å². The van der Waals surface area contributed by atoms with Crippen molar-refractivity contribution in [2.24, 2.45) is 11.8 Å². The SMILES string of the molecule is CCOC(=O)C(CCc1ccccc1)N[C@@H](C)C(=O)N1CC2CSCC2C1C(=O)O. The number of carboxylic acids is 1. The molecule has 1 aromatic carbocycles. The molecule has 4 unspecified atom stereocenters. The molecule has 30 heavy (non-hydrogen) atoms. The Bertz CT molecular complexity index is 759. The number of aryl methyl sites for hydroxylation is 1. The number of hydrogen-bond acceptors (Lipinski definition) is 6. The standard InChI is InChI=1S/C22H30N2O5S/c1-3-29-22(28)18(10-9-15-7-5-4-6-8-15)23-14(2)20(25)24-11-16-12-30-13-17(16)19(24)21(26)27/h4-8,14,16-19,23H,3,9-13H2,1-2H3,(H,26,27)/t14-,16?,17?,18?,19?/m0/s1. The van der Waals surface area contributed by atoms with Crippen LogP contribution < -0.4 is 5.32 Å². The average Bonchev–Trinajstić information content (AvgIpc) is 3.32. The highest BCUT2D eigenvalue weighted by Gasteiger charge is 2.50. The van der Waals surface area contributed by atoms with E-state index < -0.39 is 30.1 Å². The van der Waals surface area contributed by atoms with E-state index in [1.165, 1.54) is 4.90 Å². The molecule has 0 saturated carbocycles. The first-order valence-electron chi connectivity index (χ1n) is 10.5. The number of ether oxygens (including phenoxy) is 1. The Hall–Kier alpha value is -2.06. The summed E-state index contributed by atoms with van der Waals surface area (Å²) in [6.07, 6.45) is 1.16. The molecule has 5 atom stereocenters. The van der Waals surface area contributed by atoms with E-state index >= 15 is 0 Å². The zero-order chi connectivity index (χ0) is 21.7. The van der Waals surface area contributed by atoms with Crippen molar-refractivity contribution in [1.82, 2.24) is 10.2 Å². The zero-order valence-electron chi connectivity index (χ0n) is 17.5. The second-order valence-corrected chi connectivity index (χ2v) is 9.03. The van der Waals surface area contributed by atoms with Crippen LogP contribution in [0.4, 0.5) is 0 Å². The topological polar surface area (TPSA) is 95.9 Å². The molecule has 2 aliphatic rings. The number of carbonyl (C=O) groups excluding carboxylic acids is 2. The van der Waals surface area contributed by atoms with E-state index in [1.807, 2.05) is 30.3 Å². The fraction of sp³-hybridized carbons (Fsp3) is 0.591. The predicted octanol–water partition coefficient (Wildman–Crippen LogP) is 1.80. The van der Waals surface area contributed by atoms with Gasteiger partial charge in [0.25, 0.3) is 0 Å². The maximum Gasteiger partial charge on any atom is 0.326 e. The fourth-order valence-electron chi connectivity index (χ4n) is 4.38. The zero-order valence-corrected chi connectivity index (χ0v) is 18.3. The molecule has 1 amide bonds. The summed E-state index contributed by atoms with van der Waals surface area (Å²) in [6.45, 7) is 4.17. The van der Waals surface area contributed by atoms with Gasteiger partial charge in [-0.15, -0.1) is 0 Å². The van der Waals surface area contributed by atoms with Crippen LogP contribution in [-0.2, 0) is 25.5 Å². The Balaban J connectivity index is 1.66. The van der Waals surface area contributed by atoms with Crippen LogP contribution in [0.2, 0.25) is 0 Å². The molecule has 3 rings (SSSR count). The predicted molar refractivity (Wildman–Crippen MR) is 115 cm³/mol. The molecular formula is C22H30N2O5S. The van der Waals surface area contributed by atoms with Crippen LogP contribution in [0.15, 0.2) is 30.3 Å². The van der Waals surface area contributed by atoms with Crippen LogP contribution in [-0.4, -0.2) is 70.6 Å². The van der Waals surface area contributed by atoms with E-state index in [0.29, 0.717) is 19.4 Å². The highest BCUT2D eigenvalue weighted by Crippen LogP contribution is 2.40. The van der Waals surface area contributed by atoms with Gasteiger partial charge in [-0.25, -0.2) is 4.79 Å². The van der Waals surface area contributed by atoms with Crippen molar-refractivity contribution in [2.75, 3.05) is 24.7 Å². The summed E-state index contributed by atoms with van der Waals surface area (Å²) < 4.78 is 5.20. The molecule has 0 bridgehead atoms. The van der Waals surface area contributed by atoms with E-state index in [2.05, 4.69) is 5.32 Å². The number of aliphatic carboxylic acids is 1. The van der Waals surface area contributed by atoms with Crippen molar-refractivity contribution < 1.29 is 24.2 Å². The highest BCUT2D eigenvalue weighted by molar-refractivity contribution is 7.99. The molecule has 2 aliphatic heterocycles. The van der Waals surface area contributed by atoms with Crippen LogP contribution in [0.1, 0.15) is 25.8 Å². The Kier molecular flexibility index (Phi) is 7.77. The molecule has 0 aliphatic carbocycles. The number of benzene rings is 1. The van der Waals surface area contributed by atoms with Crippen LogP contribution in [0, 0.1) is 11.8 Å². The van der Waals surface area contributed by atoms with Gasteiger partial charge >= 0.3 is 11.9 Å². The maximum atomic E-state index is 13.1. The van der Waals surface area contributed by atoms with Crippen molar-refractivity contribution in [1.29, 1.82) is 0 Å². The molecule has 2 fully saturated rings. The number of nitrogens with one attached hydrogen (secondary N) is 1. The molecule has 2 heterocycles. The normalized spacial score (nSPS) is 24.9. The third-order valence-corrected chi connectivity index (χ3v) is 7.20. The molecule has 164 valence electrons. The van der Waals surface area contributed by atoms with E-state index in [4.69, 9.17) is 4.74 Å². The molecule has 2 N–H and O–H groups in total. The summed E-state index contributed by atoms with van der Waals surface area (Å²) in [5.41, 5.74) is 1.10. The number of carboxylic acid groups (broad SMARTS) is 1. The molecule has 2 saturated heterocycles. The van der Waals surface area contributed by atoms with Gasteiger partial charge < -0.3 is 14.7 Å². The lowest BCUT2D eigenvalue weighted by Crippen LogP contribution is -2.54. The van der Waals surface area contributed by atoms with E-state index in [0.717, 1.165) is 17.1 Å².